The lowest BCUT2D eigenvalue weighted by Gasteiger charge is -2.36. The van der Waals surface area contributed by atoms with Crippen LogP contribution in [0.2, 0.25) is 5.02 Å². The van der Waals surface area contributed by atoms with Gasteiger partial charge in [-0.2, -0.15) is 0 Å². The van der Waals surface area contributed by atoms with E-state index >= 15 is 0 Å². The Labute approximate surface area is 127 Å². The SMILES string of the molecule is NC(=O)C(Cc1cccc(Cl)c1)=C1CNCC(CF)N1N. The van der Waals surface area contributed by atoms with E-state index in [9.17, 15) is 9.18 Å². The van der Waals surface area contributed by atoms with Crippen LogP contribution < -0.4 is 16.9 Å². The molecule has 0 spiro atoms. The Balaban J connectivity index is 2.33. The molecule has 21 heavy (non-hydrogen) atoms. The van der Waals surface area contributed by atoms with Crippen LogP contribution in [0, 0.1) is 0 Å². The summed E-state index contributed by atoms with van der Waals surface area (Å²) in [6, 6.07) is 6.65. The molecule has 0 saturated carbocycles. The maximum atomic E-state index is 12.9. The van der Waals surface area contributed by atoms with Gasteiger partial charge in [0.2, 0.25) is 5.91 Å². The highest BCUT2D eigenvalue weighted by molar-refractivity contribution is 6.30. The third-order valence-electron chi connectivity index (χ3n) is 3.47. The number of amides is 1. The van der Waals surface area contributed by atoms with E-state index in [4.69, 9.17) is 23.2 Å². The number of nitrogens with one attached hydrogen (secondary N) is 1. The second kappa shape index (κ2) is 6.89. The third-order valence-corrected chi connectivity index (χ3v) is 3.71. The number of carbonyl (C=O) groups excluding carboxylic acids is 1. The quantitative estimate of drug-likeness (QED) is 0.565. The van der Waals surface area contributed by atoms with Gasteiger partial charge in [0.15, 0.2) is 0 Å². The molecular formula is C14H18ClFN4O. The molecule has 7 heteroatoms. The number of benzene rings is 1. The van der Waals surface area contributed by atoms with Crippen molar-refractivity contribution in [1.29, 1.82) is 0 Å². The van der Waals surface area contributed by atoms with Crippen molar-refractivity contribution in [2.75, 3.05) is 19.8 Å². The van der Waals surface area contributed by atoms with E-state index in [2.05, 4.69) is 5.32 Å². The van der Waals surface area contributed by atoms with Crippen LogP contribution in [0.3, 0.4) is 0 Å². The van der Waals surface area contributed by atoms with Gasteiger partial charge in [-0.15, -0.1) is 0 Å². The number of nitrogens with two attached hydrogens (primary N) is 2. The Hall–Kier alpha value is -1.63. The van der Waals surface area contributed by atoms with Gasteiger partial charge in [-0.25, -0.2) is 10.2 Å². The lowest BCUT2D eigenvalue weighted by atomic mass is 10.0. The number of hydrazine groups is 1. The van der Waals surface area contributed by atoms with Crippen LogP contribution in [0.25, 0.3) is 0 Å². The van der Waals surface area contributed by atoms with Crippen molar-refractivity contribution in [1.82, 2.24) is 10.3 Å². The van der Waals surface area contributed by atoms with E-state index in [0.717, 1.165) is 5.56 Å². The van der Waals surface area contributed by atoms with Crippen molar-refractivity contribution in [3.63, 3.8) is 0 Å². The molecular weight excluding hydrogens is 295 g/mol. The number of hydrogen-bond donors (Lipinski definition) is 3. The number of halogens is 2. The average Bonchev–Trinajstić information content (AvgIpc) is 2.45. The van der Waals surface area contributed by atoms with Gasteiger partial charge >= 0.3 is 0 Å². The number of nitrogens with zero attached hydrogens (tertiary/aromatic N) is 1. The van der Waals surface area contributed by atoms with E-state index in [1.807, 2.05) is 6.07 Å². The second-order valence-electron chi connectivity index (χ2n) is 4.94. The summed E-state index contributed by atoms with van der Waals surface area (Å²) in [7, 11) is 0. The zero-order valence-corrected chi connectivity index (χ0v) is 12.2. The molecule has 1 unspecified atom stereocenters. The maximum Gasteiger partial charge on any atom is 0.246 e. The molecule has 1 amide bonds. The van der Waals surface area contributed by atoms with E-state index in [1.165, 1.54) is 5.01 Å². The van der Waals surface area contributed by atoms with Gasteiger partial charge in [0.25, 0.3) is 0 Å². The van der Waals surface area contributed by atoms with Gasteiger partial charge in [0, 0.05) is 30.1 Å². The number of primary amides is 1. The fourth-order valence-electron chi connectivity index (χ4n) is 2.34. The monoisotopic (exact) mass is 312 g/mol. The molecule has 0 aliphatic carbocycles. The number of rotatable bonds is 4. The second-order valence-corrected chi connectivity index (χ2v) is 5.38. The highest BCUT2D eigenvalue weighted by Gasteiger charge is 2.26. The third kappa shape index (κ3) is 3.72. The summed E-state index contributed by atoms with van der Waals surface area (Å²) >= 11 is 5.94. The molecule has 1 fully saturated rings. The molecule has 1 aromatic carbocycles. The Morgan fingerprint density at radius 2 is 2.29 bits per heavy atom. The Morgan fingerprint density at radius 3 is 2.90 bits per heavy atom. The standard InChI is InChI=1S/C14H18ClFN4O/c15-10-3-1-2-9(4-10)5-12(14(17)21)13-8-19-7-11(6-16)20(13)18/h1-4,11,19H,5-8,18H2,(H2,17,21). The maximum absolute atomic E-state index is 12.9. The van der Waals surface area contributed by atoms with Crippen LogP contribution in [-0.4, -0.2) is 36.7 Å². The smallest absolute Gasteiger partial charge is 0.246 e. The molecule has 1 atom stereocenters. The zero-order valence-electron chi connectivity index (χ0n) is 11.5. The summed E-state index contributed by atoms with van der Waals surface area (Å²) in [6.07, 6.45) is 0.305. The molecule has 0 bridgehead atoms. The topological polar surface area (TPSA) is 84.4 Å². The summed E-state index contributed by atoms with van der Waals surface area (Å²) in [6.45, 7) is 0.210. The Morgan fingerprint density at radius 1 is 1.52 bits per heavy atom. The van der Waals surface area contributed by atoms with Crippen molar-refractivity contribution < 1.29 is 9.18 Å². The fourth-order valence-corrected chi connectivity index (χ4v) is 2.55. The minimum Gasteiger partial charge on any atom is -0.366 e. The summed E-state index contributed by atoms with van der Waals surface area (Å²) in [5, 5.41) is 4.93. The first-order chi connectivity index (χ1) is 10.0. The number of piperazine rings is 1. The Bertz CT molecular complexity index is 564. The first kappa shape index (κ1) is 15.8. The van der Waals surface area contributed by atoms with Crippen LogP contribution in [0.15, 0.2) is 35.5 Å². The highest BCUT2D eigenvalue weighted by Crippen LogP contribution is 2.19. The van der Waals surface area contributed by atoms with Gasteiger partial charge in [0.05, 0.1) is 11.7 Å². The van der Waals surface area contributed by atoms with Crippen LogP contribution >= 0.6 is 11.6 Å². The van der Waals surface area contributed by atoms with Gasteiger partial charge in [0.1, 0.15) is 6.67 Å². The molecule has 0 radical (unpaired) electrons. The van der Waals surface area contributed by atoms with Gasteiger partial charge < -0.3 is 16.1 Å². The zero-order chi connectivity index (χ0) is 15.4. The van der Waals surface area contributed by atoms with Crippen LogP contribution in [0.4, 0.5) is 4.39 Å². The predicted molar refractivity (Wildman–Crippen MR) is 80.0 cm³/mol. The molecule has 5 N–H and O–H groups in total. The molecule has 1 saturated heterocycles. The van der Waals surface area contributed by atoms with Gasteiger partial charge in [-0.05, 0) is 17.7 Å². The highest BCUT2D eigenvalue weighted by atomic mass is 35.5. The first-order valence-electron chi connectivity index (χ1n) is 6.59. The van der Waals surface area contributed by atoms with Crippen molar-refractivity contribution >= 4 is 17.5 Å². The summed E-state index contributed by atoms with van der Waals surface area (Å²) in [5.41, 5.74) is 7.21. The molecule has 1 aliphatic heterocycles. The molecule has 2 rings (SSSR count). The van der Waals surface area contributed by atoms with Crippen molar-refractivity contribution in [3.8, 4) is 0 Å². The molecule has 1 heterocycles. The molecule has 5 nitrogen and oxygen atoms in total. The molecule has 1 aromatic rings. The molecule has 114 valence electrons. The normalized spacial score (nSPS) is 21.3. The number of hydrogen-bond acceptors (Lipinski definition) is 4. The van der Waals surface area contributed by atoms with Crippen LogP contribution in [0.5, 0.6) is 0 Å². The summed E-state index contributed by atoms with van der Waals surface area (Å²) in [5.74, 6) is 5.35. The first-order valence-corrected chi connectivity index (χ1v) is 6.97. The van der Waals surface area contributed by atoms with E-state index in [1.54, 1.807) is 18.2 Å². The lowest BCUT2D eigenvalue weighted by molar-refractivity contribution is -0.114. The van der Waals surface area contributed by atoms with Crippen molar-refractivity contribution in [3.05, 3.63) is 46.1 Å². The lowest BCUT2D eigenvalue weighted by Crippen LogP contribution is -2.55. The average molecular weight is 313 g/mol. The summed E-state index contributed by atoms with van der Waals surface area (Å²) in [4.78, 5) is 11.8. The van der Waals surface area contributed by atoms with Crippen LogP contribution in [-0.2, 0) is 11.2 Å². The van der Waals surface area contributed by atoms with Crippen molar-refractivity contribution in [2.24, 2.45) is 11.6 Å². The van der Waals surface area contributed by atoms with Crippen molar-refractivity contribution in [2.45, 2.75) is 12.5 Å². The van der Waals surface area contributed by atoms with E-state index in [-0.39, 0.29) is 0 Å². The largest absolute Gasteiger partial charge is 0.366 e. The van der Waals surface area contributed by atoms with Gasteiger partial charge in [-0.1, -0.05) is 23.7 Å². The predicted octanol–water partition coefficient (Wildman–Crippen LogP) is 0.739. The fraction of sp³-hybridized carbons (Fsp3) is 0.357. The minimum absolute atomic E-state index is 0.305. The molecule has 0 aromatic heterocycles. The van der Waals surface area contributed by atoms with Gasteiger partial charge in [-0.3, -0.25) is 4.79 Å². The Kier molecular flexibility index (Phi) is 5.17. The minimum atomic E-state index is -0.601. The summed E-state index contributed by atoms with van der Waals surface area (Å²) < 4.78 is 12.9. The number of carbonyl (C=O) groups is 1. The molecule has 1 aliphatic rings. The van der Waals surface area contributed by atoms with E-state index < -0.39 is 18.6 Å². The number of alkyl halides is 1. The van der Waals surface area contributed by atoms with E-state index in [0.29, 0.717) is 35.8 Å². The van der Waals surface area contributed by atoms with Crippen LogP contribution in [0.1, 0.15) is 5.56 Å².